The number of benzene rings is 3. The first-order chi connectivity index (χ1) is 14.7. The Morgan fingerprint density at radius 1 is 0.800 bits per heavy atom. The smallest absolute Gasteiger partial charge is 0.278 e. The highest BCUT2D eigenvalue weighted by atomic mass is 16.5. The van der Waals surface area contributed by atoms with Gasteiger partial charge in [0.2, 0.25) is 0 Å². The van der Waals surface area contributed by atoms with Crippen molar-refractivity contribution in [1.82, 2.24) is 4.90 Å². The van der Waals surface area contributed by atoms with Crippen LogP contribution >= 0.6 is 0 Å². The average molecular weight is 398 g/mol. The zero-order valence-corrected chi connectivity index (χ0v) is 16.7. The third-order valence-electron chi connectivity index (χ3n) is 5.06. The third-order valence-corrected chi connectivity index (χ3v) is 5.06. The Hall–Kier alpha value is -3.86. The highest BCUT2D eigenvalue weighted by molar-refractivity contribution is 6.36. The van der Waals surface area contributed by atoms with Gasteiger partial charge < -0.3 is 10.1 Å². The molecule has 150 valence electrons. The van der Waals surface area contributed by atoms with Crippen molar-refractivity contribution in [3.63, 3.8) is 0 Å². The van der Waals surface area contributed by atoms with Crippen LogP contribution in [0.5, 0.6) is 5.75 Å². The topological polar surface area (TPSA) is 58.6 Å². The lowest BCUT2D eigenvalue weighted by Gasteiger charge is -2.15. The number of nitrogens with one attached hydrogen (secondary N) is 1. The molecular weight excluding hydrogens is 376 g/mol. The molecule has 3 aromatic rings. The summed E-state index contributed by atoms with van der Waals surface area (Å²) >= 11 is 0. The summed E-state index contributed by atoms with van der Waals surface area (Å²) in [5.74, 6) is 0.125. The lowest BCUT2D eigenvalue weighted by atomic mass is 10.0. The second kappa shape index (κ2) is 8.66. The van der Waals surface area contributed by atoms with Gasteiger partial charge in [0.15, 0.2) is 0 Å². The maximum absolute atomic E-state index is 13.2. The summed E-state index contributed by atoms with van der Waals surface area (Å²) in [7, 11) is 1.60. The maximum atomic E-state index is 13.2. The van der Waals surface area contributed by atoms with Crippen LogP contribution in [0, 0.1) is 0 Å². The highest BCUT2D eigenvalue weighted by Crippen LogP contribution is 2.31. The fraction of sp³-hybridized carbons (Fsp3) is 0.120. The molecule has 5 nitrogen and oxygen atoms in total. The average Bonchev–Trinajstić information content (AvgIpc) is 3.03. The van der Waals surface area contributed by atoms with Gasteiger partial charge in [-0.25, -0.2) is 0 Å². The number of hydrogen-bond acceptors (Lipinski definition) is 4. The summed E-state index contributed by atoms with van der Waals surface area (Å²) in [5.41, 5.74) is 3.20. The zero-order chi connectivity index (χ0) is 20.9. The summed E-state index contributed by atoms with van der Waals surface area (Å²) in [6.07, 6.45) is 0.607. The number of carbonyl (C=O) groups excluding carboxylic acids is 2. The van der Waals surface area contributed by atoms with Crippen LogP contribution < -0.4 is 10.1 Å². The van der Waals surface area contributed by atoms with Gasteiger partial charge in [-0.15, -0.1) is 0 Å². The number of amides is 2. The molecule has 4 rings (SSSR count). The Bertz CT molecular complexity index is 1070. The van der Waals surface area contributed by atoms with Crippen molar-refractivity contribution in [3.05, 3.63) is 102 Å². The number of methoxy groups -OCH3 is 1. The third kappa shape index (κ3) is 3.96. The molecule has 0 aromatic heterocycles. The molecule has 1 aliphatic rings. The van der Waals surface area contributed by atoms with Crippen molar-refractivity contribution in [2.75, 3.05) is 19.0 Å². The van der Waals surface area contributed by atoms with Gasteiger partial charge >= 0.3 is 0 Å². The van der Waals surface area contributed by atoms with Crippen LogP contribution in [0.3, 0.4) is 0 Å². The van der Waals surface area contributed by atoms with Crippen molar-refractivity contribution in [2.24, 2.45) is 0 Å². The molecule has 0 atom stereocenters. The molecule has 3 aromatic carbocycles. The van der Waals surface area contributed by atoms with Gasteiger partial charge in [0.25, 0.3) is 11.8 Å². The van der Waals surface area contributed by atoms with Gasteiger partial charge in [0, 0.05) is 12.2 Å². The molecule has 0 unspecified atom stereocenters. The van der Waals surface area contributed by atoms with E-state index in [1.165, 1.54) is 4.90 Å². The summed E-state index contributed by atoms with van der Waals surface area (Å²) < 4.78 is 5.19. The van der Waals surface area contributed by atoms with Crippen LogP contribution in [0.2, 0.25) is 0 Å². The molecule has 0 radical (unpaired) electrons. The normalized spacial score (nSPS) is 13.7. The fourth-order valence-electron chi connectivity index (χ4n) is 3.47. The van der Waals surface area contributed by atoms with Crippen molar-refractivity contribution in [3.8, 4) is 5.75 Å². The lowest BCUT2D eigenvalue weighted by Crippen LogP contribution is -2.34. The molecular formula is C25H22N2O3. The first kappa shape index (κ1) is 19.5. The van der Waals surface area contributed by atoms with E-state index in [9.17, 15) is 9.59 Å². The van der Waals surface area contributed by atoms with Crippen molar-refractivity contribution < 1.29 is 14.3 Å². The van der Waals surface area contributed by atoms with Crippen molar-refractivity contribution in [2.45, 2.75) is 6.42 Å². The Morgan fingerprint density at radius 3 is 2.07 bits per heavy atom. The first-order valence-corrected chi connectivity index (χ1v) is 9.78. The number of ether oxygens (including phenoxy) is 1. The predicted octanol–water partition coefficient (Wildman–Crippen LogP) is 4.13. The van der Waals surface area contributed by atoms with Crippen LogP contribution in [0.4, 0.5) is 5.69 Å². The van der Waals surface area contributed by atoms with E-state index in [0.29, 0.717) is 35.5 Å². The molecule has 0 saturated carbocycles. The van der Waals surface area contributed by atoms with E-state index in [2.05, 4.69) is 5.32 Å². The Balaban J connectivity index is 1.64. The monoisotopic (exact) mass is 398 g/mol. The second-order valence-corrected chi connectivity index (χ2v) is 6.97. The van der Waals surface area contributed by atoms with Gasteiger partial charge in [-0.2, -0.15) is 0 Å². The summed E-state index contributed by atoms with van der Waals surface area (Å²) in [5, 5.41) is 3.16. The van der Waals surface area contributed by atoms with Gasteiger partial charge in [0.1, 0.15) is 11.4 Å². The Morgan fingerprint density at radius 2 is 1.43 bits per heavy atom. The minimum Gasteiger partial charge on any atom is -0.497 e. The van der Waals surface area contributed by atoms with E-state index in [4.69, 9.17) is 4.74 Å². The molecule has 5 heteroatoms. The van der Waals surface area contributed by atoms with Gasteiger partial charge in [0.05, 0.1) is 12.7 Å². The van der Waals surface area contributed by atoms with E-state index < -0.39 is 0 Å². The molecule has 0 aliphatic carbocycles. The molecule has 30 heavy (non-hydrogen) atoms. The van der Waals surface area contributed by atoms with Crippen LogP contribution in [0.15, 0.2) is 90.6 Å². The van der Waals surface area contributed by atoms with Gasteiger partial charge in [-0.1, -0.05) is 60.7 Å². The quantitative estimate of drug-likeness (QED) is 0.608. The minimum atomic E-state index is -0.314. The molecule has 1 N–H and O–H groups in total. The lowest BCUT2D eigenvalue weighted by molar-refractivity contribution is -0.136. The summed E-state index contributed by atoms with van der Waals surface area (Å²) in [6.45, 7) is 0.325. The SMILES string of the molecule is COc1ccc(NC2=C(c3ccccc3)C(=O)N(CCc3ccccc3)C2=O)cc1. The van der Waals surface area contributed by atoms with Gasteiger partial charge in [-0.05, 0) is 41.8 Å². The molecule has 0 fully saturated rings. The maximum Gasteiger partial charge on any atom is 0.278 e. The van der Waals surface area contributed by atoms with Crippen LogP contribution in [0.25, 0.3) is 5.57 Å². The van der Waals surface area contributed by atoms with E-state index in [1.54, 1.807) is 19.2 Å². The van der Waals surface area contributed by atoms with E-state index in [-0.39, 0.29) is 11.8 Å². The second-order valence-electron chi connectivity index (χ2n) is 6.97. The predicted molar refractivity (Wildman–Crippen MR) is 117 cm³/mol. The standard InChI is InChI=1S/C25H22N2O3/c1-30-21-14-12-20(13-15-21)26-23-22(19-10-6-3-7-11-19)24(28)27(25(23)29)17-16-18-8-4-2-5-9-18/h2-15,26H,16-17H2,1H3. The first-order valence-electron chi connectivity index (χ1n) is 9.78. The van der Waals surface area contributed by atoms with Crippen molar-refractivity contribution >= 4 is 23.1 Å². The van der Waals surface area contributed by atoms with Crippen LogP contribution in [-0.2, 0) is 16.0 Å². The zero-order valence-electron chi connectivity index (χ0n) is 16.7. The Labute approximate surface area is 175 Å². The molecule has 1 heterocycles. The van der Waals surface area contributed by atoms with E-state index in [0.717, 1.165) is 11.3 Å². The molecule has 0 saturated heterocycles. The number of imide groups is 1. The van der Waals surface area contributed by atoms with E-state index in [1.807, 2.05) is 72.8 Å². The molecule has 1 aliphatic heterocycles. The van der Waals surface area contributed by atoms with Crippen molar-refractivity contribution in [1.29, 1.82) is 0 Å². The number of hydrogen-bond donors (Lipinski definition) is 1. The number of nitrogens with zero attached hydrogens (tertiary/aromatic N) is 1. The summed E-state index contributed by atoms with van der Waals surface area (Å²) in [4.78, 5) is 27.8. The summed E-state index contributed by atoms with van der Waals surface area (Å²) in [6, 6.07) is 26.4. The minimum absolute atomic E-state index is 0.279. The largest absolute Gasteiger partial charge is 0.497 e. The molecule has 0 bridgehead atoms. The number of rotatable bonds is 7. The van der Waals surface area contributed by atoms with Crippen LogP contribution in [0.1, 0.15) is 11.1 Å². The number of anilines is 1. The van der Waals surface area contributed by atoms with Gasteiger partial charge in [-0.3, -0.25) is 14.5 Å². The molecule has 0 spiro atoms. The van der Waals surface area contributed by atoms with E-state index >= 15 is 0 Å². The molecule has 2 amide bonds. The fourth-order valence-corrected chi connectivity index (χ4v) is 3.47. The number of carbonyl (C=O) groups is 2. The highest BCUT2D eigenvalue weighted by Gasteiger charge is 2.38. The van der Waals surface area contributed by atoms with Crippen LogP contribution in [-0.4, -0.2) is 30.4 Å². The Kier molecular flexibility index (Phi) is 5.61.